The second-order valence-electron chi connectivity index (χ2n) is 15.3. The Kier molecular flexibility index (Phi) is 13.0. The lowest BCUT2D eigenvalue weighted by molar-refractivity contribution is 0.0960. The van der Waals surface area contributed by atoms with Crippen LogP contribution in [0.2, 0.25) is 0 Å². The van der Waals surface area contributed by atoms with Crippen molar-refractivity contribution in [2.75, 3.05) is 39.3 Å². The Labute approximate surface area is 336 Å². The number of aromatic nitrogens is 4. The van der Waals surface area contributed by atoms with Crippen molar-refractivity contribution in [3.05, 3.63) is 140 Å². The summed E-state index contributed by atoms with van der Waals surface area (Å²) in [7, 11) is 0. The lowest BCUT2D eigenvalue weighted by Crippen LogP contribution is -2.37. The summed E-state index contributed by atoms with van der Waals surface area (Å²) < 4.78 is 70.2. The Morgan fingerprint density at radius 3 is 1.44 bits per heavy atom. The van der Waals surface area contributed by atoms with Crippen LogP contribution >= 0.6 is 0 Å². The van der Waals surface area contributed by atoms with Crippen LogP contribution in [-0.2, 0) is 0 Å². The summed E-state index contributed by atoms with van der Waals surface area (Å²) in [6, 6.07) is 17.3. The fourth-order valence-electron chi connectivity index (χ4n) is 8.27. The van der Waals surface area contributed by atoms with E-state index in [0.29, 0.717) is 47.0 Å². The number of piperidine rings is 2. The summed E-state index contributed by atoms with van der Waals surface area (Å²) in [6.45, 7) is 4.62. The van der Waals surface area contributed by atoms with Crippen molar-refractivity contribution in [1.82, 2.24) is 28.9 Å². The number of carbonyl (C=O) groups excluding carboxylic acids is 2. The van der Waals surface area contributed by atoms with Gasteiger partial charge in [-0.15, -0.1) is 0 Å². The molecular formula is C44H45F5N6O4. The van der Waals surface area contributed by atoms with E-state index in [2.05, 4.69) is 19.8 Å². The number of halogens is 5. The summed E-state index contributed by atoms with van der Waals surface area (Å²) in [5.41, 5.74) is 2.48. The zero-order valence-electron chi connectivity index (χ0n) is 32.4. The Hall–Kier alpha value is -5.67. The monoisotopic (exact) mass is 816 g/mol. The first-order valence-corrected chi connectivity index (χ1v) is 19.9. The Morgan fingerprint density at radius 1 is 0.542 bits per heavy atom. The number of Topliss-reactive ketones (excluding diaryl/α,β-unsaturated/α-hetero) is 2. The second kappa shape index (κ2) is 18.5. The Bertz CT molecular complexity index is 2550. The molecule has 59 heavy (non-hydrogen) atoms. The van der Waals surface area contributed by atoms with Gasteiger partial charge in [0.15, 0.2) is 11.6 Å². The van der Waals surface area contributed by atoms with Crippen molar-refractivity contribution in [2.24, 2.45) is 0 Å². The predicted molar refractivity (Wildman–Crippen MR) is 214 cm³/mol. The molecule has 10 nitrogen and oxygen atoms in total. The average molecular weight is 817 g/mol. The Morgan fingerprint density at radius 2 is 0.966 bits per heavy atom. The number of hydrogen-bond acceptors (Lipinski definition) is 6. The van der Waals surface area contributed by atoms with Crippen molar-refractivity contribution in [3.63, 3.8) is 0 Å². The van der Waals surface area contributed by atoms with Gasteiger partial charge in [0, 0.05) is 62.7 Å². The molecule has 2 aliphatic heterocycles. The third-order valence-electron chi connectivity index (χ3n) is 11.4. The summed E-state index contributed by atoms with van der Waals surface area (Å²) in [4.78, 5) is 59.1. The van der Waals surface area contributed by atoms with Crippen LogP contribution in [0, 0.1) is 29.1 Å². The van der Waals surface area contributed by atoms with Gasteiger partial charge in [-0.25, -0.2) is 31.5 Å². The molecule has 4 heterocycles. The van der Waals surface area contributed by atoms with Crippen LogP contribution in [-0.4, -0.2) is 79.7 Å². The van der Waals surface area contributed by atoms with E-state index in [0.717, 1.165) is 77.0 Å². The summed E-state index contributed by atoms with van der Waals surface area (Å²) >= 11 is 0. The fraction of sp³-hybridized carbons (Fsp3) is 0.364. The highest BCUT2D eigenvalue weighted by Crippen LogP contribution is 2.27. The van der Waals surface area contributed by atoms with Crippen molar-refractivity contribution in [1.29, 1.82) is 0 Å². The number of nitrogens with one attached hydrogen (secondary N) is 2. The number of ketones is 2. The van der Waals surface area contributed by atoms with Crippen LogP contribution in [0.25, 0.3) is 22.1 Å². The lowest BCUT2D eigenvalue weighted by atomic mass is 10.0. The smallest absolute Gasteiger partial charge is 0.306 e. The van der Waals surface area contributed by atoms with Gasteiger partial charge in [-0.2, -0.15) is 0 Å². The van der Waals surface area contributed by atoms with Gasteiger partial charge in [0.05, 0.1) is 27.6 Å². The van der Waals surface area contributed by atoms with Crippen LogP contribution in [0.4, 0.5) is 22.0 Å². The van der Waals surface area contributed by atoms with Crippen LogP contribution in [0.15, 0.2) is 88.5 Å². The minimum atomic E-state index is -0.832. The maximum absolute atomic E-state index is 13.7. The molecule has 0 spiro atoms. The van der Waals surface area contributed by atoms with Gasteiger partial charge in [0.2, 0.25) is 0 Å². The highest BCUT2D eigenvalue weighted by molar-refractivity contribution is 5.96. The predicted octanol–water partition coefficient (Wildman–Crippen LogP) is 7.95. The number of H-pyrrole nitrogens is 2. The van der Waals surface area contributed by atoms with Crippen LogP contribution in [0.1, 0.15) is 84.2 Å². The van der Waals surface area contributed by atoms with Gasteiger partial charge < -0.3 is 19.8 Å². The number of imidazole rings is 2. The first-order valence-electron chi connectivity index (χ1n) is 19.9. The molecule has 0 bridgehead atoms. The van der Waals surface area contributed by atoms with Gasteiger partial charge in [0.1, 0.15) is 29.1 Å². The second-order valence-corrected chi connectivity index (χ2v) is 15.3. The molecule has 0 unspecified atom stereocenters. The average Bonchev–Trinajstić information content (AvgIpc) is 3.72. The van der Waals surface area contributed by atoms with Crippen molar-refractivity contribution >= 4 is 33.6 Å². The fourth-order valence-corrected chi connectivity index (χ4v) is 8.27. The highest BCUT2D eigenvalue weighted by atomic mass is 19.1. The molecule has 2 fully saturated rings. The van der Waals surface area contributed by atoms with Crippen LogP contribution in [0.3, 0.4) is 0 Å². The molecule has 15 heteroatoms. The Balaban J connectivity index is 0.000000179. The molecule has 6 aromatic rings. The van der Waals surface area contributed by atoms with Crippen molar-refractivity contribution < 1.29 is 31.5 Å². The molecule has 8 rings (SSSR count). The molecule has 310 valence electrons. The molecule has 0 amide bonds. The maximum atomic E-state index is 13.7. The number of aromatic amines is 2. The van der Waals surface area contributed by atoms with Crippen LogP contribution in [0.5, 0.6) is 0 Å². The number of hydrogen-bond donors (Lipinski definition) is 2. The van der Waals surface area contributed by atoms with E-state index in [9.17, 15) is 41.1 Å². The van der Waals surface area contributed by atoms with Crippen molar-refractivity contribution in [2.45, 2.75) is 63.5 Å². The molecule has 0 saturated carbocycles. The van der Waals surface area contributed by atoms with Gasteiger partial charge in [-0.05, 0) is 124 Å². The largest absolute Gasteiger partial charge is 0.326 e. The third kappa shape index (κ3) is 9.97. The quantitative estimate of drug-likeness (QED) is 0.0958. The molecule has 4 aromatic carbocycles. The lowest BCUT2D eigenvalue weighted by Gasteiger charge is -2.32. The number of rotatable bonds is 12. The molecule has 2 saturated heterocycles. The molecule has 2 N–H and O–H groups in total. The normalized spacial score (nSPS) is 15.7. The van der Waals surface area contributed by atoms with Gasteiger partial charge in [-0.3, -0.25) is 18.7 Å². The van der Waals surface area contributed by atoms with E-state index in [1.807, 2.05) is 0 Å². The standard InChI is InChI=1S/C22H22F3N3O2.C22H23F2N3O2/c23-14-3-5-17(18(25)12-14)21(29)2-1-9-27-10-7-16(8-11-27)28-20-13-15(24)4-6-19(20)26-22(28)30;23-16-5-3-15(4-6-16)21(28)2-1-11-26-12-9-18(10-13-26)27-20-14-17(24)7-8-19(20)25-22(27)29/h3-6,12-13,16H,1-2,7-11H2,(H,26,30);3-8,14,18H,1-2,9-13H2,(H,25,29). The van der Waals surface area contributed by atoms with E-state index in [4.69, 9.17) is 0 Å². The molecule has 2 aromatic heterocycles. The highest BCUT2D eigenvalue weighted by Gasteiger charge is 2.25. The van der Waals surface area contributed by atoms with Gasteiger partial charge >= 0.3 is 11.4 Å². The zero-order chi connectivity index (χ0) is 41.6. The number of likely N-dealkylation sites (tertiary alicyclic amines) is 2. The molecule has 2 aliphatic rings. The van der Waals surface area contributed by atoms with E-state index < -0.39 is 11.6 Å². The number of fused-ring (bicyclic) bond motifs is 2. The summed E-state index contributed by atoms with van der Waals surface area (Å²) in [5, 5.41) is 0. The third-order valence-corrected chi connectivity index (χ3v) is 11.4. The van der Waals surface area contributed by atoms with E-state index >= 15 is 0 Å². The first-order chi connectivity index (χ1) is 28.4. The van der Waals surface area contributed by atoms with Crippen molar-refractivity contribution in [3.8, 4) is 0 Å². The molecule has 0 radical (unpaired) electrons. The molecular weight excluding hydrogens is 772 g/mol. The zero-order valence-corrected chi connectivity index (χ0v) is 32.4. The summed E-state index contributed by atoms with van der Waals surface area (Å²) in [6.07, 6.45) is 4.99. The summed E-state index contributed by atoms with van der Waals surface area (Å²) in [5.74, 6) is -2.93. The number of benzene rings is 4. The SMILES string of the molecule is O=C(CCCN1CCC(n2c(=O)[nH]c3ccc(F)cc32)CC1)c1ccc(F)cc1.O=C(CCCN1CCC(n2c(=O)[nH]c3ccc(F)cc32)CC1)c1ccc(F)cc1F. The number of carbonyl (C=O) groups is 2. The minimum absolute atomic E-state index is 0.0146. The number of nitrogens with zero attached hydrogens (tertiary/aromatic N) is 4. The van der Waals surface area contributed by atoms with E-state index in [-0.39, 0.29) is 64.5 Å². The van der Waals surface area contributed by atoms with Gasteiger partial charge in [-0.1, -0.05) is 0 Å². The van der Waals surface area contributed by atoms with E-state index in [1.165, 1.54) is 54.6 Å². The van der Waals surface area contributed by atoms with Gasteiger partial charge in [0.25, 0.3) is 0 Å². The molecule has 0 atom stereocenters. The molecule has 0 aliphatic carbocycles. The topological polar surface area (TPSA) is 116 Å². The van der Waals surface area contributed by atoms with Crippen LogP contribution < -0.4 is 11.4 Å². The minimum Gasteiger partial charge on any atom is -0.306 e. The maximum Gasteiger partial charge on any atom is 0.326 e. The first kappa shape index (κ1) is 41.5. The van der Waals surface area contributed by atoms with E-state index in [1.54, 1.807) is 21.3 Å².